The maximum absolute atomic E-state index is 7.30. The summed E-state index contributed by atoms with van der Waals surface area (Å²) >= 11 is 0. The minimum atomic E-state index is 0.274. The molecule has 3 aromatic rings. The first-order valence-corrected chi connectivity index (χ1v) is 8.30. The van der Waals surface area contributed by atoms with Gasteiger partial charge in [0.25, 0.3) is 0 Å². The smallest absolute Gasteiger partial charge is 0.213 e. The van der Waals surface area contributed by atoms with Gasteiger partial charge in [0.1, 0.15) is 12.4 Å². The van der Waals surface area contributed by atoms with E-state index < -0.39 is 0 Å². The third-order valence-electron chi connectivity index (χ3n) is 3.75. The second-order valence-electron chi connectivity index (χ2n) is 5.74. The number of aromatic nitrogens is 3. The highest BCUT2D eigenvalue weighted by Gasteiger charge is 2.11. The summed E-state index contributed by atoms with van der Waals surface area (Å²) in [6.07, 6.45) is 6.88. The van der Waals surface area contributed by atoms with Crippen LogP contribution < -0.4 is 15.8 Å². The summed E-state index contributed by atoms with van der Waals surface area (Å²) in [7, 11) is 1.77. The van der Waals surface area contributed by atoms with Crippen molar-refractivity contribution in [1.82, 2.24) is 20.4 Å². The number of hydrogen-bond acceptors (Lipinski definition) is 8. The molecule has 3 rings (SSSR count). The standard InChI is InChI=1S/C19H20N6O2/c1-22-10-14(9-20)12-26-18-5-4-13(11-24-18)7-15-8-17(27-25-15)16-3-2-6-23-19(16)21/h2-6,8-11,20,22H,7,12H2,1H3,(H2,21,23)/b14-10+,20-9?. The molecule has 4 N–H and O–H groups in total. The van der Waals surface area contributed by atoms with E-state index >= 15 is 0 Å². The minimum absolute atomic E-state index is 0.274. The highest BCUT2D eigenvalue weighted by Crippen LogP contribution is 2.25. The number of hydrogen-bond donors (Lipinski definition) is 3. The number of rotatable bonds is 8. The van der Waals surface area contributed by atoms with Crippen molar-refractivity contribution in [1.29, 1.82) is 5.41 Å². The normalized spacial score (nSPS) is 11.2. The topological polar surface area (TPSA) is 123 Å². The first-order valence-electron chi connectivity index (χ1n) is 8.30. The van der Waals surface area contributed by atoms with Gasteiger partial charge in [-0.2, -0.15) is 0 Å². The van der Waals surface area contributed by atoms with E-state index in [0.29, 0.717) is 29.5 Å². The summed E-state index contributed by atoms with van der Waals surface area (Å²) < 4.78 is 10.9. The molecule has 0 aliphatic rings. The molecule has 0 saturated heterocycles. The summed E-state index contributed by atoms with van der Waals surface area (Å²) in [6, 6.07) is 9.19. The monoisotopic (exact) mass is 364 g/mol. The van der Waals surface area contributed by atoms with Gasteiger partial charge in [-0.3, -0.25) is 0 Å². The number of ether oxygens (including phenoxy) is 1. The van der Waals surface area contributed by atoms with Gasteiger partial charge in [-0.15, -0.1) is 0 Å². The molecule has 0 atom stereocenters. The zero-order valence-electron chi connectivity index (χ0n) is 14.8. The molecule has 8 nitrogen and oxygen atoms in total. The van der Waals surface area contributed by atoms with Crippen LogP contribution in [0.15, 0.2) is 59.0 Å². The van der Waals surface area contributed by atoms with Crippen LogP contribution in [0.4, 0.5) is 5.82 Å². The van der Waals surface area contributed by atoms with Gasteiger partial charge in [0.05, 0.1) is 11.3 Å². The Morgan fingerprint density at radius 2 is 2.22 bits per heavy atom. The van der Waals surface area contributed by atoms with Crippen LogP contribution in [0, 0.1) is 5.41 Å². The predicted molar refractivity (Wildman–Crippen MR) is 103 cm³/mol. The van der Waals surface area contributed by atoms with Crippen LogP contribution in [0.5, 0.6) is 5.88 Å². The summed E-state index contributed by atoms with van der Waals surface area (Å²) in [4.78, 5) is 8.34. The third-order valence-corrected chi connectivity index (χ3v) is 3.75. The van der Waals surface area contributed by atoms with Crippen LogP contribution in [-0.2, 0) is 6.42 Å². The second-order valence-corrected chi connectivity index (χ2v) is 5.74. The molecule has 0 aliphatic carbocycles. The van der Waals surface area contributed by atoms with Crippen molar-refractivity contribution in [2.75, 3.05) is 19.4 Å². The van der Waals surface area contributed by atoms with Gasteiger partial charge in [-0.25, -0.2) is 9.97 Å². The fraction of sp³-hybridized carbons (Fsp3) is 0.158. The van der Waals surface area contributed by atoms with Crippen molar-refractivity contribution in [2.45, 2.75) is 6.42 Å². The quantitative estimate of drug-likeness (QED) is 0.525. The van der Waals surface area contributed by atoms with Crippen molar-refractivity contribution in [2.24, 2.45) is 0 Å². The molecule has 27 heavy (non-hydrogen) atoms. The lowest BCUT2D eigenvalue weighted by Gasteiger charge is -2.06. The molecule has 0 saturated carbocycles. The lowest BCUT2D eigenvalue weighted by molar-refractivity contribution is 0.343. The minimum Gasteiger partial charge on any atom is -0.473 e. The van der Waals surface area contributed by atoms with Gasteiger partial charge >= 0.3 is 0 Å². The molecular formula is C19H20N6O2. The van der Waals surface area contributed by atoms with E-state index in [-0.39, 0.29) is 6.61 Å². The Hall–Kier alpha value is -3.68. The lowest BCUT2D eigenvalue weighted by Crippen LogP contribution is -2.07. The summed E-state index contributed by atoms with van der Waals surface area (Å²) in [5.41, 5.74) is 9.04. The number of nitrogens with one attached hydrogen (secondary N) is 2. The zero-order chi connectivity index (χ0) is 19.1. The van der Waals surface area contributed by atoms with Crippen LogP contribution in [0.2, 0.25) is 0 Å². The number of nitrogens with zero attached hydrogens (tertiary/aromatic N) is 3. The Labute approximate surface area is 156 Å². The molecule has 0 aromatic carbocycles. The van der Waals surface area contributed by atoms with E-state index in [9.17, 15) is 0 Å². The van der Waals surface area contributed by atoms with E-state index in [0.717, 1.165) is 16.8 Å². The van der Waals surface area contributed by atoms with Crippen LogP contribution in [0.1, 0.15) is 11.3 Å². The Bertz CT molecular complexity index is 933. The Balaban J connectivity index is 1.63. The Kier molecular flexibility index (Phi) is 5.78. The first kappa shape index (κ1) is 18.1. The molecule has 3 aromatic heterocycles. The maximum Gasteiger partial charge on any atom is 0.213 e. The molecule has 0 unspecified atom stereocenters. The molecule has 3 heterocycles. The molecule has 0 spiro atoms. The summed E-state index contributed by atoms with van der Waals surface area (Å²) in [5, 5.41) is 14.3. The van der Waals surface area contributed by atoms with Crippen molar-refractivity contribution in [3.8, 4) is 17.2 Å². The molecule has 0 amide bonds. The molecule has 0 bridgehead atoms. The average molecular weight is 364 g/mol. The third kappa shape index (κ3) is 4.69. The molecule has 0 aliphatic heterocycles. The fourth-order valence-corrected chi connectivity index (χ4v) is 2.43. The van der Waals surface area contributed by atoms with E-state index in [4.69, 9.17) is 20.4 Å². The van der Waals surface area contributed by atoms with Crippen LogP contribution in [0.3, 0.4) is 0 Å². The fourth-order valence-electron chi connectivity index (χ4n) is 2.43. The number of pyridine rings is 2. The van der Waals surface area contributed by atoms with Crippen molar-refractivity contribution < 1.29 is 9.26 Å². The van der Waals surface area contributed by atoms with E-state index in [1.165, 1.54) is 6.21 Å². The van der Waals surface area contributed by atoms with Crippen LogP contribution >= 0.6 is 0 Å². The molecule has 0 fully saturated rings. The van der Waals surface area contributed by atoms with Gasteiger partial charge in [0.15, 0.2) is 5.76 Å². The largest absolute Gasteiger partial charge is 0.473 e. The number of anilines is 1. The zero-order valence-corrected chi connectivity index (χ0v) is 14.8. The molecule has 8 heteroatoms. The number of nitrogen functional groups attached to an aromatic ring is 1. The summed E-state index contributed by atoms with van der Waals surface area (Å²) in [5.74, 6) is 1.48. The van der Waals surface area contributed by atoms with E-state index in [2.05, 4.69) is 20.4 Å². The van der Waals surface area contributed by atoms with Crippen molar-refractivity contribution in [3.05, 3.63) is 65.8 Å². The second kappa shape index (κ2) is 8.61. The Morgan fingerprint density at radius 3 is 2.93 bits per heavy atom. The number of nitrogens with two attached hydrogens (primary N) is 1. The van der Waals surface area contributed by atoms with Crippen molar-refractivity contribution >= 4 is 12.0 Å². The first-order chi connectivity index (χ1) is 13.2. The predicted octanol–water partition coefficient (Wildman–Crippen LogP) is 2.44. The van der Waals surface area contributed by atoms with Gasteiger partial charge in [-0.1, -0.05) is 11.2 Å². The highest BCUT2D eigenvalue weighted by atomic mass is 16.5. The van der Waals surface area contributed by atoms with Crippen LogP contribution in [0.25, 0.3) is 11.3 Å². The molecule has 138 valence electrons. The summed E-state index contributed by atoms with van der Waals surface area (Å²) in [6.45, 7) is 0.274. The maximum atomic E-state index is 7.30. The van der Waals surface area contributed by atoms with Gasteiger partial charge < -0.3 is 25.7 Å². The SMILES string of the molecule is CN/C=C(\C=N)COc1ccc(Cc2cc(-c3cccnc3N)on2)cn1. The van der Waals surface area contributed by atoms with Gasteiger partial charge in [0.2, 0.25) is 5.88 Å². The van der Waals surface area contributed by atoms with E-state index in [1.54, 1.807) is 37.8 Å². The molecular weight excluding hydrogens is 344 g/mol. The van der Waals surface area contributed by atoms with Gasteiger partial charge in [0, 0.05) is 56.0 Å². The van der Waals surface area contributed by atoms with Gasteiger partial charge in [-0.05, 0) is 17.7 Å². The Morgan fingerprint density at radius 1 is 1.33 bits per heavy atom. The lowest BCUT2D eigenvalue weighted by atomic mass is 10.1. The average Bonchev–Trinajstić information content (AvgIpc) is 3.15. The van der Waals surface area contributed by atoms with Crippen LogP contribution in [-0.4, -0.2) is 35.0 Å². The van der Waals surface area contributed by atoms with E-state index in [1.807, 2.05) is 18.2 Å². The highest BCUT2D eigenvalue weighted by molar-refractivity contribution is 5.75. The van der Waals surface area contributed by atoms with Crippen molar-refractivity contribution in [3.63, 3.8) is 0 Å². The molecule has 0 radical (unpaired) electrons.